The Kier molecular flexibility index (Phi) is 3.57. The van der Waals surface area contributed by atoms with Crippen molar-refractivity contribution in [1.82, 2.24) is 9.55 Å². The van der Waals surface area contributed by atoms with E-state index in [2.05, 4.69) is 4.98 Å². The van der Waals surface area contributed by atoms with Crippen LogP contribution >= 0.6 is 0 Å². The van der Waals surface area contributed by atoms with Gasteiger partial charge in [-0.1, -0.05) is 12.1 Å². The van der Waals surface area contributed by atoms with Crippen LogP contribution in [0.5, 0.6) is 0 Å². The van der Waals surface area contributed by atoms with Crippen LogP contribution in [0.15, 0.2) is 41.8 Å². The molecule has 0 bridgehead atoms. The molecule has 0 aliphatic carbocycles. The molecule has 1 aromatic heterocycles. The summed E-state index contributed by atoms with van der Waals surface area (Å²) in [7, 11) is -3.88. The van der Waals surface area contributed by atoms with Gasteiger partial charge in [-0.25, -0.2) is 18.5 Å². The number of halogens is 3. The summed E-state index contributed by atoms with van der Waals surface area (Å²) in [5.74, 6) is 0. The number of alkyl halides is 3. The lowest BCUT2D eigenvalue weighted by Gasteiger charge is -2.07. The molecule has 0 saturated heterocycles. The second-order valence-corrected chi connectivity index (χ2v) is 5.63. The fourth-order valence-corrected chi connectivity index (χ4v) is 2.06. The number of aromatic nitrogens is 2. The van der Waals surface area contributed by atoms with Crippen LogP contribution in [0.25, 0.3) is 0 Å². The molecular weight excluding hydrogens is 295 g/mol. The van der Waals surface area contributed by atoms with Crippen molar-refractivity contribution in [2.45, 2.75) is 17.7 Å². The van der Waals surface area contributed by atoms with Gasteiger partial charge in [-0.2, -0.15) is 13.2 Å². The van der Waals surface area contributed by atoms with E-state index in [0.717, 1.165) is 12.1 Å². The van der Waals surface area contributed by atoms with Crippen molar-refractivity contribution in [2.75, 3.05) is 0 Å². The van der Waals surface area contributed by atoms with Crippen LogP contribution in [-0.4, -0.2) is 18.0 Å². The van der Waals surface area contributed by atoms with E-state index in [4.69, 9.17) is 5.14 Å². The highest BCUT2D eigenvalue weighted by Crippen LogP contribution is 2.29. The van der Waals surface area contributed by atoms with Gasteiger partial charge in [0.15, 0.2) is 5.03 Å². The fourth-order valence-electron chi connectivity index (χ4n) is 1.58. The third-order valence-electron chi connectivity index (χ3n) is 2.55. The molecular formula is C11H10F3N3O2S. The van der Waals surface area contributed by atoms with Gasteiger partial charge in [-0.15, -0.1) is 0 Å². The van der Waals surface area contributed by atoms with Crippen LogP contribution in [0.3, 0.4) is 0 Å². The van der Waals surface area contributed by atoms with Gasteiger partial charge in [-0.05, 0) is 17.7 Å². The molecule has 5 nitrogen and oxygen atoms in total. The Morgan fingerprint density at radius 3 is 2.25 bits per heavy atom. The molecule has 0 fully saturated rings. The Bertz CT molecular complexity index is 705. The average molecular weight is 305 g/mol. The molecule has 2 rings (SSSR count). The van der Waals surface area contributed by atoms with E-state index >= 15 is 0 Å². The van der Waals surface area contributed by atoms with E-state index in [1.165, 1.54) is 29.2 Å². The summed E-state index contributed by atoms with van der Waals surface area (Å²) in [5, 5.41) is 4.62. The van der Waals surface area contributed by atoms with Gasteiger partial charge in [0, 0.05) is 12.7 Å². The predicted octanol–water partition coefficient (Wildman–Crippen LogP) is 1.60. The van der Waals surface area contributed by atoms with Crippen molar-refractivity contribution in [3.63, 3.8) is 0 Å². The molecule has 9 heteroatoms. The number of nitrogens with two attached hydrogens (primary N) is 1. The molecule has 0 radical (unpaired) electrons. The number of hydrogen-bond donors (Lipinski definition) is 1. The highest BCUT2D eigenvalue weighted by atomic mass is 32.2. The largest absolute Gasteiger partial charge is 0.416 e. The molecule has 1 heterocycles. The second-order valence-electron chi connectivity index (χ2n) is 4.12. The van der Waals surface area contributed by atoms with E-state index in [1.54, 1.807) is 0 Å². The van der Waals surface area contributed by atoms with E-state index in [9.17, 15) is 21.6 Å². The van der Waals surface area contributed by atoms with Crippen LogP contribution in [0.1, 0.15) is 11.1 Å². The van der Waals surface area contributed by atoms with Crippen LogP contribution < -0.4 is 5.14 Å². The van der Waals surface area contributed by atoms with Crippen molar-refractivity contribution in [1.29, 1.82) is 0 Å². The van der Waals surface area contributed by atoms with Crippen LogP contribution in [0.2, 0.25) is 0 Å². The molecule has 0 unspecified atom stereocenters. The first-order valence-electron chi connectivity index (χ1n) is 5.37. The van der Waals surface area contributed by atoms with Crippen molar-refractivity contribution in [2.24, 2.45) is 5.14 Å². The molecule has 2 aromatic rings. The van der Waals surface area contributed by atoms with Crippen molar-refractivity contribution >= 4 is 10.0 Å². The summed E-state index contributed by atoms with van der Waals surface area (Å²) in [5.41, 5.74) is -0.159. The second kappa shape index (κ2) is 4.91. The molecule has 0 aliphatic rings. The number of primary sulfonamides is 1. The van der Waals surface area contributed by atoms with E-state index < -0.39 is 21.8 Å². The number of sulfonamides is 1. The smallest absolute Gasteiger partial charge is 0.332 e. The standard InChI is InChI=1S/C11H10F3N3O2S/c12-11(13,14)9-3-1-8(2-4-9)5-17-6-10(16-7-17)20(15,18)19/h1-4,6-7H,5H2,(H2,15,18,19). The predicted molar refractivity (Wildman–Crippen MR) is 64.1 cm³/mol. The first-order valence-corrected chi connectivity index (χ1v) is 6.91. The summed E-state index contributed by atoms with van der Waals surface area (Å²) in [6.07, 6.45) is -1.92. The maximum absolute atomic E-state index is 12.4. The van der Waals surface area contributed by atoms with Gasteiger partial charge < -0.3 is 4.57 Å². The van der Waals surface area contributed by atoms with Gasteiger partial charge in [-0.3, -0.25) is 0 Å². The highest BCUT2D eigenvalue weighted by Gasteiger charge is 2.29. The summed E-state index contributed by atoms with van der Waals surface area (Å²) >= 11 is 0. The lowest BCUT2D eigenvalue weighted by Crippen LogP contribution is -2.12. The Morgan fingerprint density at radius 1 is 1.20 bits per heavy atom. The Morgan fingerprint density at radius 2 is 1.80 bits per heavy atom. The lowest BCUT2D eigenvalue weighted by atomic mass is 10.1. The molecule has 0 spiro atoms. The first kappa shape index (κ1) is 14.5. The zero-order valence-corrected chi connectivity index (χ0v) is 10.8. The lowest BCUT2D eigenvalue weighted by molar-refractivity contribution is -0.137. The van der Waals surface area contributed by atoms with Gasteiger partial charge >= 0.3 is 6.18 Å². The van der Waals surface area contributed by atoms with Gasteiger partial charge in [0.2, 0.25) is 0 Å². The Labute approximate surface area is 112 Å². The number of hydrogen-bond acceptors (Lipinski definition) is 3. The molecule has 2 N–H and O–H groups in total. The number of imidazole rings is 1. The van der Waals surface area contributed by atoms with Crippen molar-refractivity contribution < 1.29 is 21.6 Å². The highest BCUT2D eigenvalue weighted by molar-refractivity contribution is 7.89. The number of benzene rings is 1. The monoisotopic (exact) mass is 305 g/mol. The minimum absolute atomic E-state index is 0.195. The van der Waals surface area contributed by atoms with E-state index in [-0.39, 0.29) is 11.6 Å². The third-order valence-corrected chi connectivity index (χ3v) is 3.34. The van der Waals surface area contributed by atoms with Crippen LogP contribution in [-0.2, 0) is 22.7 Å². The molecule has 0 atom stereocenters. The van der Waals surface area contributed by atoms with Crippen molar-refractivity contribution in [3.8, 4) is 0 Å². The maximum Gasteiger partial charge on any atom is 0.416 e. The minimum atomic E-state index is -4.38. The van der Waals surface area contributed by atoms with E-state index in [0.29, 0.717) is 5.56 Å². The zero-order valence-electron chi connectivity index (χ0n) is 10.0. The van der Waals surface area contributed by atoms with Gasteiger partial charge in [0.05, 0.1) is 11.9 Å². The number of nitrogens with zero attached hydrogens (tertiary/aromatic N) is 2. The van der Waals surface area contributed by atoms with Crippen molar-refractivity contribution in [3.05, 3.63) is 47.9 Å². The minimum Gasteiger partial charge on any atom is -0.332 e. The first-order chi connectivity index (χ1) is 9.16. The van der Waals surface area contributed by atoms with Gasteiger partial charge in [0.1, 0.15) is 0 Å². The average Bonchev–Trinajstić information content (AvgIpc) is 2.77. The molecule has 1 aromatic carbocycles. The Balaban J connectivity index is 2.17. The quantitative estimate of drug-likeness (QED) is 0.935. The third kappa shape index (κ3) is 3.36. The summed E-state index contributed by atoms with van der Waals surface area (Å²) in [6, 6.07) is 4.57. The number of rotatable bonds is 3. The van der Waals surface area contributed by atoms with E-state index in [1.807, 2.05) is 0 Å². The maximum atomic E-state index is 12.4. The van der Waals surface area contributed by atoms with Gasteiger partial charge in [0.25, 0.3) is 10.0 Å². The topological polar surface area (TPSA) is 78.0 Å². The Hall–Kier alpha value is -1.87. The zero-order chi connectivity index (χ0) is 15.0. The summed E-state index contributed by atoms with van der Waals surface area (Å²) < 4.78 is 60.6. The molecule has 0 aliphatic heterocycles. The SMILES string of the molecule is NS(=O)(=O)c1cn(Cc2ccc(C(F)(F)F)cc2)cn1. The summed E-state index contributed by atoms with van der Waals surface area (Å²) in [6.45, 7) is 0.195. The molecule has 20 heavy (non-hydrogen) atoms. The fraction of sp³-hybridized carbons (Fsp3) is 0.182. The molecule has 108 valence electrons. The normalized spacial score (nSPS) is 12.6. The summed E-state index contributed by atoms with van der Waals surface area (Å²) in [4.78, 5) is 3.61. The molecule has 0 saturated carbocycles. The van der Waals surface area contributed by atoms with Crippen LogP contribution in [0.4, 0.5) is 13.2 Å². The molecule has 0 amide bonds. The van der Waals surface area contributed by atoms with Crippen LogP contribution in [0, 0.1) is 0 Å².